The SMILES string of the molecule is O=S(=O)(Nc1ccc(Oc2nsnc2Cl)cc1)C(F)(F)F. The fourth-order valence-corrected chi connectivity index (χ4v) is 2.32. The van der Waals surface area contributed by atoms with Gasteiger partial charge < -0.3 is 4.74 Å². The van der Waals surface area contributed by atoms with E-state index < -0.39 is 15.5 Å². The molecule has 2 aromatic rings. The summed E-state index contributed by atoms with van der Waals surface area (Å²) in [5.41, 5.74) is -5.65. The summed E-state index contributed by atoms with van der Waals surface area (Å²) in [5.74, 6) is 0.254. The van der Waals surface area contributed by atoms with Gasteiger partial charge in [0.1, 0.15) is 5.75 Å². The van der Waals surface area contributed by atoms with Crippen LogP contribution in [-0.2, 0) is 10.0 Å². The molecule has 114 valence electrons. The normalized spacial score (nSPS) is 12.2. The molecular formula is C9H5ClF3N3O3S2. The van der Waals surface area contributed by atoms with Crippen LogP contribution < -0.4 is 9.46 Å². The van der Waals surface area contributed by atoms with Crippen LogP contribution in [0, 0.1) is 0 Å². The van der Waals surface area contributed by atoms with Gasteiger partial charge in [-0.2, -0.15) is 26.0 Å². The number of nitrogens with zero attached hydrogens (tertiary/aromatic N) is 2. The quantitative estimate of drug-likeness (QED) is 0.906. The van der Waals surface area contributed by atoms with Crippen LogP contribution in [0.5, 0.6) is 11.6 Å². The molecule has 1 aromatic heterocycles. The molecule has 0 amide bonds. The number of rotatable bonds is 4. The first-order valence-corrected chi connectivity index (χ1v) is 7.63. The Labute approximate surface area is 125 Å². The van der Waals surface area contributed by atoms with Crippen molar-refractivity contribution in [3.8, 4) is 11.6 Å². The van der Waals surface area contributed by atoms with Crippen molar-refractivity contribution < 1.29 is 26.3 Å². The van der Waals surface area contributed by atoms with Crippen LogP contribution in [0.15, 0.2) is 24.3 Å². The summed E-state index contributed by atoms with van der Waals surface area (Å²) >= 11 is 6.48. The van der Waals surface area contributed by atoms with E-state index in [2.05, 4.69) is 8.75 Å². The molecule has 0 saturated heterocycles. The molecule has 0 spiro atoms. The van der Waals surface area contributed by atoms with Crippen molar-refractivity contribution in [2.24, 2.45) is 0 Å². The third kappa shape index (κ3) is 3.74. The molecule has 0 fully saturated rings. The first-order valence-electron chi connectivity index (χ1n) is 5.04. The molecule has 0 unspecified atom stereocenters. The van der Waals surface area contributed by atoms with Gasteiger partial charge in [-0.15, -0.1) is 4.37 Å². The number of hydrogen-bond donors (Lipinski definition) is 1. The summed E-state index contributed by atoms with van der Waals surface area (Å²) in [6, 6.07) is 4.71. The van der Waals surface area contributed by atoms with Gasteiger partial charge in [0.05, 0.1) is 11.7 Å². The summed E-state index contributed by atoms with van der Waals surface area (Å²) in [4.78, 5) is 0. The van der Waals surface area contributed by atoms with Crippen LogP contribution in [0.3, 0.4) is 0 Å². The van der Waals surface area contributed by atoms with Crippen LogP contribution in [-0.4, -0.2) is 22.7 Å². The van der Waals surface area contributed by atoms with Gasteiger partial charge in [-0.05, 0) is 24.3 Å². The molecule has 1 aromatic carbocycles. The highest BCUT2D eigenvalue weighted by atomic mass is 35.5. The molecule has 0 aliphatic heterocycles. The van der Waals surface area contributed by atoms with Gasteiger partial charge in [0.2, 0.25) is 5.15 Å². The van der Waals surface area contributed by atoms with Gasteiger partial charge in [-0.25, -0.2) is 0 Å². The maximum absolute atomic E-state index is 12.2. The minimum Gasteiger partial charge on any atom is -0.436 e. The van der Waals surface area contributed by atoms with E-state index in [0.717, 1.165) is 23.9 Å². The summed E-state index contributed by atoms with van der Waals surface area (Å²) < 4.78 is 72.4. The number of nitrogens with one attached hydrogen (secondary N) is 1. The second kappa shape index (κ2) is 5.66. The first-order chi connectivity index (χ1) is 9.69. The zero-order valence-electron chi connectivity index (χ0n) is 9.76. The van der Waals surface area contributed by atoms with E-state index in [4.69, 9.17) is 16.3 Å². The second-order valence-corrected chi connectivity index (χ2v) is 6.10. The first kappa shape index (κ1) is 15.8. The van der Waals surface area contributed by atoms with E-state index in [0.29, 0.717) is 0 Å². The Hall–Kier alpha value is -1.59. The predicted molar refractivity (Wildman–Crippen MR) is 70.0 cm³/mol. The summed E-state index contributed by atoms with van der Waals surface area (Å²) in [7, 11) is -5.45. The van der Waals surface area contributed by atoms with Crippen molar-refractivity contribution in [3.05, 3.63) is 29.4 Å². The lowest BCUT2D eigenvalue weighted by molar-refractivity contribution is -0.0429. The Bertz CT molecular complexity index is 731. The van der Waals surface area contributed by atoms with Crippen molar-refractivity contribution >= 4 is 39.0 Å². The van der Waals surface area contributed by atoms with Gasteiger partial charge in [0.15, 0.2) is 0 Å². The minimum absolute atomic E-state index is 0.0434. The highest BCUT2D eigenvalue weighted by Crippen LogP contribution is 2.29. The number of anilines is 1. The Morgan fingerprint density at radius 3 is 2.29 bits per heavy atom. The molecule has 21 heavy (non-hydrogen) atoms. The van der Waals surface area contributed by atoms with E-state index in [-0.39, 0.29) is 22.5 Å². The zero-order valence-corrected chi connectivity index (χ0v) is 12.1. The highest BCUT2D eigenvalue weighted by Gasteiger charge is 2.45. The lowest BCUT2D eigenvalue weighted by Gasteiger charge is -2.10. The number of halogens is 4. The molecule has 0 saturated carbocycles. The average Bonchev–Trinajstić information content (AvgIpc) is 2.76. The number of sulfonamides is 1. The molecule has 1 N–H and O–H groups in total. The van der Waals surface area contributed by atoms with Gasteiger partial charge in [-0.3, -0.25) is 4.72 Å². The standard InChI is InChI=1S/C9H5ClF3N3O3S2/c10-7-8(15-20-14-7)19-6-3-1-5(2-4-6)16-21(17,18)9(11,12)13/h1-4,16H. The largest absolute Gasteiger partial charge is 0.516 e. The lowest BCUT2D eigenvalue weighted by Crippen LogP contribution is -2.29. The van der Waals surface area contributed by atoms with Crippen LogP contribution in [0.4, 0.5) is 18.9 Å². The minimum atomic E-state index is -5.45. The van der Waals surface area contributed by atoms with E-state index in [1.165, 1.54) is 16.9 Å². The summed E-state index contributed by atoms with van der Waals surface area (Å²) in [6.07, 6.45) is 0. The fraction of sp³-hybridized carbons (Fsp3) is 0.111. The van der Waals surface area contributed by atoms with Gasteiger partial charge in [-0.1, -0.05) is 11.6 Å². The highest BCUT2D eigenvalue weighted by molar-refractivity contribution is 7.93. The number of alkyl halides is 3. The van der Waals surface area contributed by atoms with Crippen molar-refractivity contribution in [3.63, 3.8) is 0 Å². The molecule has 0 atom stereocenters. The van der Waals surface area contributed by atoms with Crippen molar-refractivity contribution in [1.82, 2.24) is 8.75 Å². The maximum atomic E-state index is 12.2. The van der Waals surface area contributed by atoms with E-state index in [1.807, 2.05) is 0 Å². The Balaban J connectivity index is 2.11. The van der Waals surface area contributed by atoms with Gasteiger partial charge in [0, 0.05) is 5.69 Å². The Morgan fingerprint density at radius 2 is 1.81 bits per heavy atom. The molecule has 1 heterocycles. The molecular weight excluding hydrogens is 355 g/mol. The Morgan fingerprint density at radius 1 is 1.19 bits per heavy atom. The van der Waals surface area contributed by atoms with E-state index >= 15 is 0 Å². The van der Waals surface area contributed by atoms with Crippen molar-refractivity contribution in [2.45, 2.75) is 5.51 Å². The van der Waals surface area contributed by atoms with E-state index in [1.54, 1.807) is 0 Å². The number of ether oxygens (including phenoxy) is 1. The number of benzene rings is 1. The topological polar surface area (TPSA) is 81.2 Å². The monoisotopic (exact) mass is 359 g/mol. The molecule has 0 aliphatic carbocycles. The van der Waals surface area contributed by atoms with Crippen LogP contribution in [0.2, 0.25) is 5.15 Å². The zero-order chi connectivity index (χ0) is 15.7. The number of aromatic nitrogens is 2. The molecule has 0 bridgehead atoms. The summed E-state index contributed by atoms with van der Waals surface area (Å²) in [5, 5.41) is 0.0434. The van der Waals surface area contributed by atoms with Crippen LogP contribution >= 0.6 is 23.3 Å². The smallest absolute Gasteiger partial charge is 0.436 e. The molecule has 0 radical (unpaired) electrons. The molecule has 0 aliphatic rings. The fourth-order valence-electron chi connectivity index (χ4n) is 1.15. The maximum Gasteiger partial charge on any atom is 0.516 e. The third-order valence-corrected chi connectivity index (χ3v) is 4.02. The van der Waals surface area contributed by atoms with Crippen LogP contribution in [0.25, 0.3) is 0 Å². The van der Waals surface area contributed by atoms with Gasteiger partial charge >= 0.3 is 15.5 Å². The molecule has 12 heteroatoms. The average molecular weight is 360 g/mol. The van der Waals surface area contributed by atoms with Crippen LogP contribution in [0.1, 0.15) is 0 Å². The summed E-state index contributed by atoms with van der Waals surface area (Å²) in [6.45, 7) is 0. The van der Waals surface area contributed by atoms with Crippen molar-refractivity contribution in [1.29, 1.82) is 0 Å². The molecule has 2 rings (SSSR count). The van der Waals surface area contributed by atoms with Crippen molar-refractivity contribution in [2.75, 3.05) is 4.72 Å². The Kier molecular flexibility index (Phi) is 4.25. The molecule has 6 nitrogen and oxygen atoms in total. The predicted octanol–water partition coefficient (Wildman–Crippen LogP) is 3.25. The second-order valence-electron chi connectivity index (χ2n) is 3.54. The van der Waals surface area contributed by atoms with E-state index in [9.17, 15) is 21.6 Å². The third-order valence-electron chi connectivity index (χ3n) is 2.05. The van der Waals surface area contributed by atoms with Gasteiger partial charge in [0.25, 0.3) is 5.88 Å². The number of hydrogen-bond acceptors (Lipinski definition) is 6. The lowest BCUT2D eigenvalue weighted by atomic mass is 10.3.